The largest absolute Gasteiger partial charge is 0.345 e. The van der Waals surface area contributed by atoms with Crippen LogP contribution in [0.5, 0.6) is 0 Å². The number of benzene rings is 1. The molecular formula is C14H17ClN2O2. The van der Waals surface area contributed by atoms with Gasteiger partial charge in [-0.1, -0.05) is 36.7 Å². The van der Waals surface area contributed by atoms with Crippen LogP contribution >= 0.6 is 11.6 Å². The van der Waals surface area contributed by atoms with E-state index in [1.165, 1.54) is 0 Å². The molecule has 1 aliphatic rings. The van der Waals surface area contributed by atoms with Gasteiger partial charge in [0.25, 0.3) is 0 Å². The van der Waals surface area contributed by atoms with Crippen molar-refractivity contribution in [3.8, 4) is 0 Å². The molecule has 19 heavy (non-hydrogen) atoms. The topological polar surface area (TPSA) is 49.4 Å². The highest BCUT2D eigenvalue weighted by Gasteiger charge is 2.36. The Balaban J connectivity index is 2.34. The molecule has 0 aliphatic carbocycles. The summed E-state index contributed by atoms with van der Waals surface area (Å²) in [4.78, 5) is 25.6. The molecule has 0 spiro atoms. The van der Waals surface area contributed by atoms with E-state index in [9.17, 15) is 9.59 Å². The predicted molar refractivity (Wildman–Crippen MR) is 73.8 cm³/mol. The molecule has 2 amide bonds. The third kappa shape index (κ3) is 2.59. The van der Waals surface area contributed by atoms with Crippen molar-refractivity contribution < 1.29 is 9.59 Å². The fourth-order valence-corrected chi connectivity index (χ4v) is 2.80. The summed E-state index contributed by atoms with van der Waals surface area (Å²) in [5, 5.41) is 3.24. The highest BCUT2D eigenvalue weighted by molar-refractivity contribution is 6.31. The fraction of sp³-hybridized carbons (Fsp3) is 0.429. The van der Waals surface area contributed by atoms with Crippen LogP contribution in [-0.2, 0) is 9.59 Å². The van der Waals surface area contributed by atoms with Crippen LogP contribution in [0.2, 0.25) is 5.02 Å². The van der Waals surface area contributed by atoms with E-state index in [4.69, 9.17) is 11.6 Å². The molecule has 102 valence electrons. The van der Waals surface area contributed by atoms with E-state index >= 15 is 0 Å². The van der Waals surface area contributed by atoms with Gasteiger partial charge in [-0.05, 0) is 25.0 Å². The molecule has 1 heterocycles. The Morgan fingerprint density at radius 3 is 2.74 bits per heavy atom. The zero-order valence-corrected chi connectivity index (χ0v) is 11.8. The second kappa shape index (κ2) is 5.61. The predicted octanol–water partition coefficient (Wildman–Crippen LogP) is 2.14. The summed E-state index contributed by atoms with van der Waals surface area (Å²) in [5.41, 5.74) is 0.866. The lowest BCUT2D eigenvalue weighted by atomic mass is 10.0. The molecule has 0 saturated carbocycles. The maximum absolute atomic E-state index is 12.1. The minimum atomic E-state index is -0.424. The average Bonchev–Trinajstić information content (AvgIpc) is 2.41. The highest BCUT2D eigenvalue weighted by atomic mass is 35.5. The first kappa shape index (κ1) is 13.9. The second-order valence-electron chi connectivity index (χ2n) is 4.64. The fourth-order valence-electron chi connectivity index (χ4n) is 2.50. The third-order valence-electron chi connectivity index (χ3n) is 3.50. The Kier molecular flexibility index (Phi) is 4.10. The van der Waals surface area contributed by atoms with Crippen LogP contribution in [0.1, 0.15) is 31.9 Å². The van der Waals surface area contributed by atoms with Crippen LogP contribution < -0.4 is 5.32 Å². The first-order valence-electron chi connectivity index (χ1n) is 6.39. The molecule has 1 saturated heterocycles. The van der Waals surface area contributed by atoms with Gasteiger partial charge < -0.3 is 10.2 Å². The van der Waals surface area contributed by atoms with Gasteiger partial charge in [-0.3, -0.25) is 9.59 Å². The van der Waals surface area contributed by atoms with E-state index in [0.717, 1.165) is 5.56 Å². The van der Waals surface area contributed by atoms with Gasteiger partial charge in [-0.25, -0.2) is 0 Å². The van der Waals surface area contributed by atoms with E-state index in [2.05, 4.69) is 5.32 Å². The normalized spacial score (nSPS) is 21.2. The molecular weight excluding hydrogens is 264 g/mol. The van der Waals surface area contributed by atoms with Gasteiger partial charge in [0.05, 0.1) is 12.6 Å². The van der Waals surface area contributed by atoms with Crippen molar-refractivity contribution in [2.75, 3.05) is 6.54 Å². The lowest BCUT2D eigenvalue weighted by Gasteiger charge is -2.39. The van der Waals surface area contributed by atoms with Gasteiger partial charge in [-0.15, -0.1) is 0 Å². The summed E-state index contributed by atoms with van der Waals surface area (Å²) in [5.74, 6) is -0.167. The van der Waals surface area contributed by atoms with Crippen LogP contribution in [0.25, 0.3) is 0 Å². The van der Waals surface area contributed by atoms with Gasteiger partial charge in [0.15, 0.2) is 0 Å². The summed E-state index contributed by atoms with van der Waals surface area (Å²) in [6.07, 6.45) is 0.590. The molecule has 1 aromatic carbocycles. The van der Waals surface area contributed by atoms with Crippen LogP contribution in [0.15, 0.2) is 24.3 Å². The summed E-state index contributed by atoms with van der Waals surface area (Å²) < 4.78 is 0. The first-order chi connectivity index (χ1) is 9.06. The third-order valence-corrected chi connectivity index (χ3v) is 3.84. The van der Waals surface area contributed by atoms with Crippen molar-refractivity contribution >= 4 is 23.4 Å². The van der Waals surface area contributed by atoms with Crippen LogP contribution in [0.4, 0.5) is 0 Å². The van der Waals surface area contributed by atoms with Crippen LogP contribution in [0, 0.1) is 0 Å². The number of rotatable bonds is 3. The number of carbonyl (C=O) groups excluding carboxylic acids is 2. The number of carbonyl (C=O) groups is 2. The Hall–Kier alpha value is -1.55. The second-order valence-corrected chi connectivity index (χ2v) is 5.05. The SMILES string of the molecule is CCC1C(=O)NCC(=O)N1C(C)c1ccccc1Cl. The molecule has 1 N–H and O–H groups in total. The number of nitrogens with one attached hydrogen (secondary N) is 1. The number of hydrogen-bond acceptors (Lipinski definition) is 2. The van der Waals surface area contributed by atoms with Crippen molar-refractivity contribution in [1.82, 2.24) is 10.2 Å². The van der Waals surface area contributed by atoms with Gasteiger partial charge in [0.1, 0.15) is 6.04 Å². The Labute approximate surface area is 117 Å². The summed E-state index contributed by atoms with van der Waals surface area (Å²) in [7, 11) is 0. The minimum absolute atomic E-state index is 0.0596. The summed E-state index contributed by atoms with van der Waals surface area (Å²) in [6.45, 7) is 3.86. The number of nitrogens with zero attached hydrogens (tertiary/aromatic N) is 1. The number of piperazine rings is 1. The minimum Gasteiger partial charge on any atom is -0.345 e. The monoisotopic (exact) mass is 280 g/mol. The van der Waals surface area contributed by atoms with E-state index in [0.29, 0.717) is 11.4 Å². The maximum atomic E-state index is 12.1. The van der Waals surface area contributed by atoms with E-state index in [-0.39, 0.29) is 24.4 Å². The molecule has 5 heteroatoms. The smallest absolute Gasteiger partial charge is 0.243 e. The first-order valence-corrected chi connectivity index (χ1v) is 6.77. The van der Waals surface area contributed by atoms with E-state index in [1.807, 2.05) is 32.0 Å². The molecule has 2 atom stereocenters. The molecule has 0 bridgehead atoms. The Bertz CT molecular complexity index is 504. The molecule has 2 unspecified atom stereocenters. The molecule has 1 aromatic rings. The van der Waals surface area contributed by atoms with Crippen LogP contribution in [0.3, 0.4) is 0 Å². The molecule has 1 aliphatic heterocycles. The molecule has 2 rings (SSSR count). The van der Waals surface area contributed by atoms with Crippen molar-refractivity contribution in [2.45, 2.75) is 32.4 Å². The molecule has 0 radical (unpaired) electrons. The quantitative estimate of drug-likeness (QED) is 0.922. The van der Waals surface area contributed by atoms with Crippen LogP contribution in [-0.4, -0.2) is 29.3 Å². The molecule has 1 fully saturated rings. The molecule has 4 nitrogen and oxygen atoms in total. The standard InChI is InChI=1S/C14H17ClN2O2/c1-3-12-14(19)16-8-13(18)17(12)9(2)10-6-4-5-7-11(10)15/h4-7,9,12H,3,8H2,1-2H3,(H,16,19). The Morgan fingerprint density at radius 2 is 2.11 bits per heavy atom. The zero-order valence-electron chi connectivity index (χ0n) is 11.0. The van der Waals surface area contributed by atoms with E-state index < -0.39 is 6.04 Å². The van der Waals surface area contributed by atoms with Crippen molar-refractivity contribution in [1.29, 1.82) is 0 Å². The number of halogens is 1. The van der Waals surface area contributed by atoms with Crippen molar-refractivity contribution in [3.05, 3.63) is 34.9 Å². The summed E-state index contributed by atoms with van der Waals surface area (Å²) in [6, 6.07) is 6.78. The van der Waals surface area contributed by atoms with E-state index in [1.54, 1.807) is 11.0 Å². The Morgan fingerprint density at radius 1 is 1.42 bits per heavy atom. The lowest BCUT2D eigenvalue weighted by Crippen LogP contribution is -2.58. The van der Waals surface area contributed by atoms with Gasteiger partial charge in [-0.2, -0.15) is 0 Å². The maximum Gasteiger partial charge on any atom is 0.243 e. The van der Waals surface area contributed by atoms with Gasteiger partial charge in [0.2, 0.25) is 11.8 Å². The zero-order chi connectivity index (χ0) is 14.0. The highest BCUT2D eigenvalue weighted by Crippen LogP contribution is 2.30. The van der Waals surface area contributed by atoms with Gasteiger partial charge in [0, 0.05) is 5.02 Å². The van der Waals surface area contributed by atoms with Crippen molar-refractivity contribution in [3.63, 3.8) is 0 Å². The van der Waals surface area contributed by atoms with Crippen molar-refractivity contribution in [2.24, 2.45) is 0 Å². The molecule has 0 aromatic heterocycles. The lowest BCUT2D eigenvalue weighted by molar-refractivity contribution is -0.148. The average molecular weight is 281 g/mol. The van der Waals surface area contributed by atoms with Gasteiger partial charge >= 0.3 is 0 Å². The number of amides is 2. The summed E-state index contributed by atoms with van der Waals surface area (Å²) >= 11 is 6.17. The number of hydrogen-bond donors (Lipinski definition) is 1.